The highest BCUT2D eigenvalue weighted by atomic mass is 35.5. The molecule has 1 aliphatic rings. The number of likely N-dealkylation sites (tertiary alicyclic amines) is 1. The molecule has 1 fully saturated rings. The molecule has 3 N–H and O–H groups in total. The van der Waals surface area contributed by atoms with Crippen LogP contribution in [0.5, 0.6) is 5.75 Å². The molecule has 0 unspecified atom stereocenters. The van der Waals surface area contributed by atoms with Gasteiger partial charge in [-0.2, -0.15) is 0 Å². The molecule has 0 aliphatic carbocycles. The number of carbonyl (C=O) groups excluding carboxylic acids is 2. The van der Waals surface area contributed by atoms with Gasteiger partial charge in [-0.15, -0.1) is 0 Å². The number of esters is 1. The highest BCUT2D eigenvalue weighted by Crippen LogP contribution is 2.37. The van der Waals surface area contributed by atoms with E-state index in [0.29, 0.717) is 28.7 Å². The molecule has 4 rings (SSSR count). The van der Waals surface area contributed by atoms with E-state index in [2.05, 4.69) is 15.2 Å². The summed E-state index contributed by atoms with van der Waals surface area (Å²) in [6.45, 7) is 3.17. The summed E-state index contributed by atoms with van der Waals surface area (Å²) in [7, 11) is 2.95. The van der Waals surface area contributed by atoms with E-state index >= 15 is 0 Å². The second kappa shape index (κ2) is 11.6. The van der Waals surface area contributed by atoms with E-state index < -0.39 is 5.91 Å². The number of nitrogens with zero attached hydrogens (tertiary/aromatic N) is 2. The average molecular weight is 523 g/mol. The van der Waals surface area contributed by atoms with Crippen molar-refractivity contribution in [3.63, 3.8) is 0 Å². The number of aromatic nitrogens is 1. The molecule has 1 aromatic heterocycles. The standard InChI is InChI=1S/C28H31ClN4O4/c1-17-19(8-6-10-21(17)30)20-9-7-11-22(26(20)29)32-27(34)23-14-25(36-2)18(15-31-23)16-33-13-5-4-12-24(33)28(35)37-3/h6-11,14-15,24H,4-5,12-13,16,30H2,1-3H3,(H,32,34)/t24-/m0/s1. The molecule has 2 aromatic carbocycles. The summed E-state index contributed by atoms with van der Waals surface area (Å²) >= 11 is 6.70. The predicted octanol–water partition coefficient (Wildman–Crippen LogP) is 5.08. The van der Waals surface area contributed by atoms with Crippen LogP contribution in [-0.2, 0) is 16.1 Å². The molecule has 8 nitrogen and oxygen atoms in total. The fourth-order valence-corrected chi connectivity index (χ4v) is 4.94. The number of methoxy groups -OCH3 is 2. The number of amides is 1. The van der Waals surface area contributed by atoms with E-state index in [9.17, 15) is 9.59 Å². The molecule has 1 amide bonds. The van der Waals surface area contributed by atoms with Gasteiger partial charge in [0.2, 0.25) is 0 Å². The maximum atomic E-state index is 13.1. The SMILES string of the molecule is COC(=O)[C@@H]1CCCCN1Cc1cnc(C(=O)Nc2cccc(-c3cccc(N)c3C)c2Cl)cc1OC. The van der Waals surface area contributed by atoms with E-state index in [0.717, 1.165) is 48.1 Å². The van der Waals surface area contributed by atoms with Crippen LogP contribution in [0.2, 0.25) is 5.02 Å². The Balaban J connectivity index is 1.55. The number of hydrogen-bond donors (Lipinski definition) is 2. The van der Waals surface area contributed by atoms with Crippen LogP contribution in [0.1, 0.15) is 40.9 Å². The smallest absolute Gasteiger partial charge is 0.323 e. The fourth-order valence-electron chi connectivity index (χ4n) is 4.67. The van der Waals surface area contributed by atoms with Gasteiger partial charge in [-0.25, -0.2) is 0 Å². The number of halogens is 1. The summed E-state index contributed by atoms with van der Waals surface area (Å²) in [4.78, 5) is 31.8. The van der Waals surface area contributed by atoms with Crippen LogP contribution < -0.4 is 15.8 Å². The third-order valence-electron chi connectivity index (χ3n) is 6.77. The molecule has 37 heavy (non-hydrogen) atoms. The van der Waals surface area contributed by atoms with Crippen molar-refractivity contribution in [2.24, 2.45) is 0 Å². The van der Waals surface area contributed by atoms with Gasteiger partial charge in [-0.05, 0) is 49.6 Å². The Labute approximate surface area is 221 Å². The average Bonchev–Trinajstić information content (AvgIpc) is 2.91. The summed E-state index contributed by atoms with van der Waals surface area (Å²) < 4.78 is 10.6. The quantitative estimate of drug-likeness (QED) is 0.329. The Hall–Kier alpha value is -3.62. The molecule has 1 aliphatic heterocycles. The third kappa shape index (κ3) is 5.70. The number of ether oxygens (including phenoxy) is 2. The zero-order chi connectivity index (χ0) is 26.5. The molecule has 0 radical (unpaired) electrons. The summed E-state index contributed by atoms with van der Waals surface area (Å²) in [5.74, 6) is -0.140. The van der Waals surface area contributed by atoms with E-state index in [-0.39, 0.29) is 17.7 Å². The van der Waals surface area contributed by atoms with E-state index in [1.165, 1.54) is 7.11 Å². The normalized spacial score (nSPS) is 15.7. The number of piperidine rings is 1. The molecule has 0 saturated carbocycles. The number of nitrogen functional groups attached to an aromatic ring is 1. The first-order valence-corrected chi connectivity index (χ1v) is 12.5. The highest BCUT2D eigenvalue weighted by molar-refractivity contribution is 6.36. The molecule has 0 spiro atoms. The number of anilines is 2. The first-order chi connectivity index (χ1) is 17.8. The summed E-state index contributed by atoms with van der Waals surface area (Å²) in [6, 6.07) is 12.4. The number of pyridine rings is 1. The predicted molar refractivity (Wildman–Crippen MR) is 145 cm³/mol. The van der Waals surface area contributed by atoms with Crippen molar-refractivity contribution in [2.45, 2.75) is 38.8 Å². The highest BCUT2D eigenvalue weighted by Gasteiger charge is 2.30. The van der Waals surface area contributed by atoms with Crippen LogP contribution in [0.4, 0.5) is 11.4 Å². The first kappa shape index (κ1) is 26.4. The minimum absolute atomic E-state index is 0.186. The first-order valence-electron chi connectivity index (χ1n) is 12.1. The van der Waals surface area contributed by atoms with Crippen LogP contribution in [0.3, 0.4) is 0 Å². The van der Waals surface area contributed by atoms with Crippen LogP contribution >= 0.6 is 11.6 Å². The number of benzene rings is 2. The van der Waals surface area contributed by atoms with Crippen molar-refractivity contribution < 1.29 is 19.1 Å². The van der Waals surface area contributed by atoms with Crippen molar-refractivity contribution in [2.75, 3.05) is 31.8 Å². The number of nitrogens with one attached hydrogen (secondary N) is 1. The van der Waals surface area contributed by atoms with E-state index in [1.807, 2.05) is 37.3 Å². The summed E-state index contributed by atoms with van der Waals surface area (Å²) in [6.07, 6.45) is 4.34. The number of carbonyl (C=O) groups is 2. The molecule has 1 saturated heterocycles. The van der Waals surface area contributed by atoms with Crippen molar-refractivity contribution in [3.05, 3.63) is 70.5 Å². The van der Waals surface area contributed by atoms with Gasteiger partial charge < -0.3 is 20.5 Å². The topological polar surface area (TPSA) is 107 Å². The van der Waals surface area contributed by atoms with Gasteiger partial charge in [-0.1, -0.05) is 42.3 Å². The Bertz CT molecular complexity index is 1310. The van der Waals surface area contributed by atoms with Gasteiger partial charge in [0.1, 0.15) is 17.5 Å². The Kier molecular flexibility index (Phi) is 8.31. The summed E-state index contributed by atoms with van der Waals surface area (Å²) in [5.41, 5.74) is 10.8. The van der Waals surface area contributed by atoms with Crippen LogP contribution in [-0.4, -0.2) is 48.6 Å². The molecule has 2 heterocycles. The molecule has 0 bridgehead atoms. The largest absolute Gasteiger partial charge is 0.496 e. The molecule has 3 aromatic rings. The van der Waals surface area contributed by atoms with Crippen LogP contribution in [0.25, 0.3) is 11.1 Å². The lowest BCUT2D eigenvalue weighted by Crippen LogP contribution is -2.44. The van der Waals surface area contributed by atoms with Crippen molar-refractivity contribution in [1.82, 2.24) is 9.88 Å². The maximum Gasteiger partial charge on any atom is 0.323 e. The van der Waals surface area contributed by atoms with E-state index in [1.54, 1.807) is 25.4 Å². The molecule has 1 atom stereocenters. The van der Waals surface area contributed by atoms with Crippen molar-refractivity contribution >= 4 is 34.9 Å². The number of nitrogens with two attached hydrogens (primary N) is 1. The van der Waals surface area contributed by atoms with Gasteiger partial charge >= 0.3 is 5.97 Å². The van der Waals surface area contributed by atoms with Crippen molar-refractivity contribution in [1.29, 1.82) is 0 Å². The fraction of sp³-hybridized carbons (Fsp3) is 0.321. The number of hydrogen-bond acceptors (Lipinski definition) is 7. The van der Waals surface area contributed by atoms with Crippen molar-refractivity contribution in [3.8, 4) is 16.9 Å². The molecular weight excluding hydrogens is 492 g/mol. The Morgan fingerprint density at radius 1 is 1.16 bits per heavy atom. The monoisotopic (exact) mass is 522 g/mol. The van der Waals surface area contributed by atoms with Crippen LogP contribution in [0.15, 0.2) is 48.7 Å². The second-order valence-corrected chi connectivity index (χ2v) is 9.41. The molecule has 194 valence electrons. The van der Waals surface area contributed by atoms with Gasteiger partial charge in [-0.3, -0.25) is 19.5 Å². The van der Waals surface area contributed by atoms with E-state index in [4.69, 9.17) is 26.8 Å². The van der Waals surface area contributed by atoms with Gasteiger partial charge in [0.25, 0.3) is 5.91 Å². The minimum atomic E-state index is -0.418. The van der Waals surface area contributed by atoms with Gasteiger partial charge in [0.15, 0.2) is 0 Å². The Morgan fingerprint density at radius 2 is 1.92 bits per heavy atom. The lowest BCUT2D eigenvalue weighted by Gasteiger charge is -2.33. The lowest BCUT2D eigenvalue weighted by molar-refractivity contribution is -0.148. The zero-order valence-corrected chi connectivity index (χ0v) is 22.0. The molecule has 9 heteroatoms. The van der Waals surface area contributed by atoms with Crippen LogP contribution in [0, 0.1) is 6.92 Å². The zero-order valence-electron chi connectivity index (χ0n) is 21.2. The number of rotatable bonds is 7. The molecular formula is C28H31ClN4O4. The summed E-state index contributed by atoms with van der Waals surface area (Å²) in [5, 5.41) is 3.27. The Morgan fingerprint density at radius 3 is 2.68 bits per heavy atom. The van der Waals surface area contributed by atoms with Gasteiger partial charge in [0.05, 0.1) is 24.9 Å². The lowest BCUT2D eigenvalue weighted by atomic mass is 9.99. The minimum Gasteiger partial charge on any atom is -0.496 e. The third-order valence-corrected chi connectivity index (χ3v) is 7.18. The second-order valence-electron chi connectivity index (χ2n) is 9.03. The maximum absolute atomic E-state index is 13.1. The van der Waals surface area contributed by atoms with Gasteiger partial charge in [0, 0.05) is 35.6 Å².